The second-order valence-electron chi connectivity index (χ2n) is 3.69. The number of rotatable bonds is 4. The summed E-state index contributed by atoms with van der Waals surface area (Å²) >= 11 is 0. The van der Waals surface area contributed by atoms with Crippen molar-refractivity contribution >= 4 is 23.3 Å². The molecule has 0 bridgehead atoms. The van der Waals surface area contributed by atoms with Crippen molar-refractivity contribution in [1.29, 1.82) is 0 Å². The van der Waals surface area contributed by atoms with Crippen LogP contribution in [0.5, 0.6) is 0 Å². The van der Waals surface area contributed by atoms with Crippen molar-refractivity contribution in [2.75, 3.05) is 0 Å². The third kappa shape index (κ3) is 3.80. The molecule has 8 N–H and O–H groups in total. The first-order chi connectivity index (χ1) is 9.45. The molecule has 0 spiro atoms. The van der Waals surface area contributed by atoms with E-state index in [1.807, 2.05) is 0 Å². The van der Waals surface area contributed by atoms with Crippen LogP contribution in [0.4, 0.5) is 23.3 Å². The molecule has 1 aromatic heterocycles. The van der Waals surface area contributed by atoms with Gasteiger partial charge in [0, 0.05) is 0 Å². The predicted molar refractivity (Wildman–Crippen MR) is 57.0 cm³/mol. The van der Waals surface area contributed by atoms with Gasteiger partial charge in [-0.25, -0.2) is 0 Å². The van der Waals surface area contributed by atoms with E-state index in [1.54, 1.807) is 0 Å². The van der Waals surface area contributed by atoms with E-state index in [9.17, 15) is 20.8 Å². The molecule has 18 nitrogen and oxygen atoms in total. The Morgan fingerprint density at radius 1 is 0.455 bits per heavy atom. The zero-order valence-electron chi connectivity index (χ0n) is 9.89. The highest BCUT2D eigenvalue weighted by Crippen LogP contribution is 2.38. The average Bonchev–Trinajstić information content (AvgIpc) is 2.22. The Morgan fingerprint density at radius 2 is 0.591 bits per heavy atom. The molecular formula is C4H8N6O12. The fraction of sp³-hybridized carbons (Fsp3) is 0. The lowest BCUT2D eigenvalue weighted by Gasteiger charge is -2.31. The Hall–Kier alpha value is -1.56. The number of aromatic nitrogens is 2. The lowest BCUT2D eigenvalue weighted by atomic mass is 10.5. The van der Waals surface area contributed by atoms with E-state index in [0.717, 1.165) is 0 Å². The molecule has 126 valence electrons. The minimum Gasteiger partial charge on any atom is -0.557 e. The zero-order chi connectivity index (χ0) is 17.7. The summed E-state index contributed by atoms with van der Waals surface area (Å²) in [5.41, 5.74) is 0. The van der Waals surface area contributed by atoms with Crippen molar-refractivity contribution in [2.24, 2.45) is 0 Å². The third-order valence-electron chi connectivity index (χ3n) is 1.93. The van der Waals surface area contributed by atoms with Gasteiger partial charge in [0.05, 0.1) is 0 Å². The second kappa shape index (κ2) is 4.98. The maximum Gasteiger partial charge on any atom is 0.391 e. The van der Waals surface area contributed by atoms with Crippen LogP contribution in [0.15, 0.2) is 0 Å². The van der Waals surface area contributed by atoms with Crippen molar-refractivity contribution in [1.82, 2.24) is 29.9 Å². The Morgan fingerprint density at radius 3 is 0.682 bits per heavy atom. The Labute approximate surface area is 117 Å². The van der Waals surface area contributed by atoms with Gasteiger partial charge in [0.15, 0.2) is 0 Å². The summed E-state index contributed by atoms with van der Waals surface area (Å²) in [6, 6.07) is 0. The molecule has 0 aromatic carbocycles. The highest BCUT2D eigenvalue weighted by atomic mass is 17.1. The van der Waals surface area contributed by atoms with Gasteiger partial charge in [-0.1, -0.05) is 0 Å². The largest absolute Gasteiger partial charge is 0.557 e. The van der Waals surface area contributed by atoms with Gasteiger partial charge in [-0.15, -0.1) is 9.97 Å². The van der Waals surface area contributed by atoms with Crippen molar-refractivity contribution in [3.05, 3.63) is 20.8 Å². The smallest absolute Gasteiger partial charge is 0.391 e. The Balaban J connectivity index is 3.90. The molecular weight excluding hydrogens is 324 g/mol. The van der Waals surface area contributed by atoms with Crippen molar-refractivity contribution in [3.8, 4) is 0 Å². The molecule has 0 radical (unpaired) electrons. The number of hydrogen-bond acceptors (Lipinski definition) is 14. The minimum atomic E-state index is -3.74. The van der Waals surface area contributed by atoms with E-state index < -0.39 is 43.2 Å². The van der Waals surface area contributed by atoms with Crippen LogP contribution in [0.3, 0.4) is 0 Å². The lowest BCUT2D eigenvalue weighted by molar-refractivity contribution is -0.281. The van der Waals surface area contributed by atoms with E-state index in [4.69, 9.17) is 41.7 Å². The molecule has 0 saturated heterocycles. The first kappa shape index (κ1) is 18.5. The lowest BCUT2D eigenvalue weighted by Crippen LogP contribution is -2.47. The number of quaternary nitrogens is 4. The van der Waals surface area contributed by atoms with Crippen LogP contribution in [0, 0.1) is 20.8 Å². The summed E-state index contributed by atoms with van der Waals surface area (Å²) in [6.45, 7) is 0. The number of hydrogen-bond donors (Lipinski definition) is 8. The van der Waals surface area contributed by atoms with E-state index >= 15 is 0 Å². The van der Waals surface area contributed by atoms with Crippen molar-refractivity contribution in [3.63, 3.8) is 0 Å². The van der Waals surface area contributed by atoms with Crippen molar-refractivity contribution in [2.45, 2.75) is 0 Å². The highest BCUT2D eigenvalue weighted by molar-refractivity contribution is 5.65. The SMILES string of the molecule is [O-][N+](O)(O)c1nc([N+]([O-])(O)O)c([N+]([O-])(O)O)nc1[N+]([O-])(O)O. The zero-order valence-corrected chi connectivity index (χ0v) is 9.89. The molecule has 0 aliphatic rings. The van der Waals surface area contributed by atoms with Crippen LogP contribution < -0.4 is 19.9 Å². The van der Waals surface area contributed by atoms with E-state index in [2.05, 4.69) is 9.97 Å². The van der Waals surface area contributed by atoms with Crippen LogP contribution in [0.25, 0.3) is 0 Å². The van der Waals surface area contributed by atoms with Crippen LogP contribution in [-0.4, -0.2) is 51.6 Å². The van der Waals surface area contributed by atoms with Gasteiger partial charge in [0.2, 0.25) is 0 Å². The monoisotopic (exact) mass is 332 g/mol. The maximum atomic E-state index is 10.9. The topological polar surface area (TPSA) is 280 Å². The summed E-state index contributed by atoms with van der Waals surface area (Å²) in [5, 5.41) is 113. The van der Waals surface area contributed by atoms with Gasteiger partial charge in [-0.3, -0.25) is 0 Å². The molecule has 1 aromatic rings. The summed E-state index contributed by atoms with van der Waals surface area (Å²) < 4.78 is 0. The van der Waals surface area contributed by atoms with Gasteiger partial charge in [0.1, 0.15) is 0 Å². The van der Waals surface area contributed by atoms with Gasteiger partial charge in [0.25, 0.3) is 0 Å². The fourth-order valence-electron chi connectivity index (χ4n) is 1.18. The van der Waals surface area contributed by atoms with Gasteiger partial charge in [-0.05, 0) is 19.9 Å². The minimum absolute atomic E-state index is 2.12. The molecule has 1 rings (SSSR count). The first-order valence-electron chi connectivity index (χ1n) is 4.62. The predicted octanol–water partition coefficient (Wildman–Crippen LogP) is -1.19. The highest BCUT2D eigenvalue weighted by Gasteiger charge is 2.47. The summed E-state index contributed by atoms with van der Waals surface area (Å²) in [4.78, 5) is -10.1. The second-order valence-corrected chi connectivity index (χ2v) is 3.69. The molecule has 18 heteroatoms. The van der Waals surface area contributed by atoms with E-state index in [0.29, 0.717) is 0 Å². The van der Waals surface area contributed by atoms with Gasteiger partial charge >= 0.3 is 23.3 Å². The van der Waals surface area contributed by atoms with Crippen LogP contribution in [0.1, 0.15) is 0 Å². The van der Waals surface area contributed by atoms with Crippen LogP contribution in [-0.2, 0) is 0 Å². The van der Waals surface area contributed by atoms with Crippen LogP contribution in [0.2, 0.25) is 0 Å². The Kier molecular flexibility index (Phi) is 4.18. The van der Waals surface area contributed by atoms with Gasteiger partial charge < -0.3 is 20.8 Å². The molecule has 0 atom stereocenters. The molecule has 0 aliphatic heterocycles. The summed E-state index contributed by atoms with van der Waals surface area (Å²) in [7, 11) is 0. The van der Waals surface area contributed by atoms with Crippen LogP contribution >= 0.6 is 0 Å². The quantitative estimate of drug-likeness (QED) is 0.237. The van der Waals surface area contributed by atoms with E-state index in [-0.39, 0.29) is 0 Å². The maximum absolute atomic E-state index is 10.9. The molecule has 0 aliphatic carbocycles. The summed E-state index contributed by atoms with van der Waals surface area (Å²) in [6.07, 6.45) is 0. The molecule has 0 saturated carbocycles. The number of nitrogens with zero attached hydrogens (tertiary/aromatic N) is 6. The molecule has 22 heavy (non-hydrogen) atoms. The average molecular weight is 332 g/mol. The molecule has 0 amide bonds. The van der Waals surface area contributed by atoms with Crippen molar-refractivity contribution < 1.29 is 41.7 Å². The van der Waals surface area contributed by atoms with E-state index in [1.165, 1.54) is 0 Å². The fourth-order valence-corrected chi connectivity index (χ4v) is 1.18. The molecule has 0 fully saturated rings. The normalized spacial score (nSPS) is 14.4. The standard InChI is InChI=1S/C4H8N6O12/c11-7(12,13)1-2(8(14,15)16)6-4(10(20,21)22)3(5-1)9(17,18)19/h11-12,14-15,17-18,20-21H. The molecule has 0 unspecified atom stereocenters. The first-order valence-corrected chi connectivity index (χ1v) is 4.62. The van der Waals surface area contributed by atoms with Gasteiger partial charge in [-0.2, -0.15) is 41.7 Å². The molecule has 1 heterocycles. The Bertz CT molecular complexity index is 465. The summed E-state index contributed by atoms with van der Waals surface area (Å²) in [5.74, 6) is -8.47. The third-order valence-corrected chi connectivity index (χ3v) is 1.93.